The van der Waals surface area contributed by atoms with Gasteiger partial charge in [0.1, 0.15) is 6.10 Å². The molecule has 1 aromatic carbocycles. The molecule has 1 saturated heterocycles. The lowest BCUT2D eigenvalue weighted by molar-refractivity contribution is -0.137. The number of carbonyl (C=O) groups is 2. The maximum absolute atomic E-state index is 12.8. The molecule has 1 saturated carbocycles. The number of rotatable bonds is 7. The predicted octanol–water partition coefficient (Wildman–Crippen LogP) is 3.18. The van der Waals surface area contributed by atoms with Crippen LogP contribution in [-0.2, 0) is 11.0 Å². The summed E-state index contributed by atoms with van der Waals surface area (Å²) in [6, 6.07) is 4.88. The standard InChI is InChI=1S/C23H25BrF3N5O3/c24-16-9-29-22(30-10-16)35-19-6-4-18(5-7-19)32-12-17(13-32)31-20(33)11-28-21(34)14-2-1-3-15(8-14)23(25,26)27/h1-3,8-10,17-19H,4-7,11-13H2,(H,28,34)(H,31,33). The van der Waals surface area contributed by atoms with Crippen LogP contribution in [0.15, 0.2) is 41.1 Å². The molecule has 1 aliphatic carbocycles. The van der Waals surface area contributed by atoms with Gasteiger partial charge in [-0.3, -0.25) is 14.5 Å². The molecule has 1 aliphatic heterocycles. The van der Waals surface area contributed by atoms with Gasteiger partial charge in [-0.15, -0.1) is 0 Å². The number of likely N-dealkylation sites (tertiary alicyclic amines) is 1. The van der Waals surface area contributed by atoms with Gasteiger partial charge in [-0.1, -0.05) is 6.07 Å². The Kier molecular flexibility index (Phi) is 7.90. The number of hydrogen-bond acceptors (Lipinski definition) is 6. The molecule has 2 aliphatic rings. The first kappa shape index (κ1) is 25.4. The van der Waals surface area contributed by atoms with Crippen LogP contribution >= 0.6 is 15.9 Å². The summed E-state index contributed by atoms with van der Waals surface area (Å²) in [7, 11) is 0. The van der Waals surface area contributed by atoms with Crippen molar-refractivity contribution in [3.8, 4) is 6.01 Å². The first-order valence-corrected chi connectivity index (χ1v) is 12.1. The van der Waals surface area contributed by atoms with Gasteiger partial charge >= 0.3 is 12.2 Å². The molecule has 0 atom stereocenters. The van der Waals surface area contributed by atoms with Crippen LogP contribution in [0.4, 0.5) is 13.2 Å². The third kappa shape index (κ3) is 6.91. The molecule has 2 amide bonds. The molecule has 4 rings (SSSR count). The molecule has 0 unspecified atom stereocenters. The van der Waals surface area contributed by atoms with Gasteiger partial charge in [0, 0.05) is 37.1 Å². The van der Waals surface area contributed by atoms with Crippen molar-refractivity contribution in [2.24, 2.45) is 0 Å². The Morgan fingerprint density at radius 3 is 2.46 bits per heavy atom. The van der Waals surface area contributed by atoms with Gasteiger partial charge in [-0.25, -0.2) is 9.97 Å². The molecule has 2 fully saturated rings. The molecular weight excluding hydrogens is 531 g/mol. The smallest absolute Gasteiger partial charge is 0.416 e. The number of ether oxygens (including phenoxy) is 1. The number of halogens is 4. The highest BCUT2D eigenvalue weighted by molar-refractivity contribution is 9.10. The third-order valence-corrected chi connectivity index (χ3v) is 6.57. The second kappa shape index (κ2) is 10.9. The van der Waals surface area contributed by atoms with Gasteiger partial charge in [0.25, 0.3) is 5.91 Å². The van der Waals surface area contributed by atoms with Crippen LogP contribution in [0.5, 0.6) is 6.01 Å². The van der Waals surface area contributed by atoms with Crippen LogP contribution in [0.1, 0.15) is 41.6 Å². The lowest BCUT2D eigenvalue weighted by Gasteiger charge is -2.46. The zero-order valence-corrected chi connectivity index (χ0v) is 20.3. The van der Waals surface area contributed by atoms with Crippen molar-refractivity contribution in [1.29, 1.82) is 0 Å². The fourth-order valence-electron chi connectivity index (χ4n) is 4.32. The van der Waals surface area contributed by atoms with E-state index in [1.165, 1.54) is 6.07 Å². The molecule has 2 aromatic rings. The number of hydrogen-bond donors (Lipinski definition) is 2. The minimum Gasteiger partial charge on any atom is -0.460 e. The quantitative estimate of drug-likeness (QED) is 0.544. The second-order valence-electron chi connectivity index (χ2n) is 8.71. The maximum Gasteiger partial charge on any atom is 0.416 e. The molecule has 0 bridgehead atoms. The van der Waals surface area contributed by atoms with Crippen molar-refractivity contribution in [3.05, 3.63) is 52.3 Å². The second-order valence-corrected chi connectivity index (χ2v) is 9.63. The largest absolute Gasteiger partial charge is 0.460 e. The summed E-state index contributed by atoms with van der Waals surface area (Å²) >= 11 is 3.30. The van der Waals surface area contributed by atoms with E-state index in [1.807, 2.05) is 0 Å². The molecule has 8 nitrogen and oxygen atoms in total. The van der Waals surface area contributed by atoms with E-state index in [0.29, 0.717) is 12.1 Å². The molecule has 1 aromatic heterocycles. The highest BCUT2D eigenvalue weighted by Gasteiger charge is 2.36. The highest BCUT2D eigenvalue weighted by atomic mass is 79.9. The van der Waals surface area contributed by atoms with E-state index < -0.39 is 17.6 Å². The van der Waals surface area contributed by atoms with Crippen molar-refractivity contribution >= 4 is 27.7 Å². The van der Waals surface area contributed by atoms with Crippen LogP contribution in [0, 0.1) is 0 Å². The van der Waals surface area contributed by atoms with Crippen LogP contribution in [0.2, 0.25) is 0 Å². The number of nitrogens with one attached hydrogen (secondary N) is 2. The van der Waals surface area contributed by atoms with Crippen LogP contribution in [0.3, 0.4) is 0 Å². The predicted molar refractivity (Wildman–Crippen MR) is 124 cm³/mol. The zero-order chi connectivity index (χ0) is 25.0. The SMILES string of the molecule is O=C(CNC(=O)c1cccc(C(F)(F)F)c1)NC1CN(C2CCC(Oc3ncc(Br)cn3)CC2)C1. The molecule has 2 heterocycles. The van der Waals surface area contributed by atoms with Crippen molar-refractivity contribution in [2.45, 2.75) is 50.0 Å². The topological polar surface area (TPSA) is 96.5 Å². The lowest BCUT2D eigenvalue weighted by Crippen LogP contribution is -2.63. The van der Waals surface area contributed by atoms with Crippen molar-refractivity contribution in [3.63, 3.8) is 0 Å². The van der Waals surface area contributed by atoms with Gasteiger partial charge in [0.05, 0.1) is 22.6 Å². The minimum absolute atomic E-state index is 0.0156. The van der Waals surface area contributed by atoms with E-state index in [-0.39, 0.29) is 30.2 Å². The first-order valence-electron chi connectivity index (χ1n) is 11.3. The van der Waals surface area contributed by atoms with E-state index in [9.17, 15) is 22.8 Å². The minimum atomic E-state index is -4.54. The Morgan fingerprint density at radius 1 is 1.11 bits per heavy atom. The average Bonchev–Trinajstić information content (AvgIpc) is 2.81. The lowest BCUT2D eigenvalue weighted by atomic mass is 9.89. The number of carbonyl (C=O) groups excluding carboxylic acids is 2. The summed E-state index contributed by atoms with van der Waals surface area (Å²) in [6.45, 7) is 1.14. The summed E-state index contributed by atoms with van der Waals surface area (Å²) in [5.41, 5.74) is -1.06. The van der Waals surface area contributed by atoms with E-state index >= 15 is 0 Å². The summed E-state index contributed by atoms with van der Waals surface area (Å²) in [6.07, 6.45) is 2.62. The number of alkyl halides is 3. The Morgan fingerprint density at radius 2 is 1.80 bits per heavy atom. The van der Waals surface area contributed by atoms with Crippen LogP contribution in [-0.4, -0.2) is 64.5 Å². The van der Waals surface area contributed by atoms with Crippen molar-refractivity contribution in [1.82, 2.24) is 25.5 Å². The maximum atomic E-state index is 12.8. The fraction of sp³-hybridized carbons (Fsp3) is 0.478. The Labute approximate surface area is 208 Å². The molecule has 188 valence electrons. The Balaban J connectivity index is 1.13. The Bertz CT molecular complexity index is 1040. The Hall–Kier alpha value is -2.73. The number of benzene rings is 1. The summed E-state index contributed by atoms with van der Waals surface area (Å²) < 4.78 is 45.1. The zero-order valence-electron chi connectivity index (χ0n) is 18.7. The van der Waals surface area contributed by atoms with Gasteiger partial charge in [-0.05, 0) is 59.8 Å². The molecule has 35 heavy (non-hydrogen) atoms. The molecule has 0 radical (unpaired) electrons. The number of nitrogens with zero attached hydrogens (tertiary/aromatic N) is 3. The number of aromatic nitrogens is 2. The van der Waals surface area contributed by atoms with Gasteiger partial charge in [0.15, 0.2) is 0 Å². The van der Waals surface area contributed by atoms with Gasteiger partial charge < -0.3 is 15.4 Å². The summed E-state index contributed by atoms with van der Waals surface area (Å²) in [4.78, 5) is 34.9. The van der Waals surface area contributed by atoms with Crippen molar-refractivity contribution in [2.75, 3.05) is 19.6 Å². The molecule has 2 N–H and O–H groups in total. The van der Waals surface area contributed by atoms with Crippen LogP contribution < -0.4 is 15.4 Å². The van der Waals surface area contributed by atoms with Crippen molar-refractivity contribution < 1.29 is 27.5 Å². The monoisotopic (exact) mass is 555 g/mol. The van der Waals surface area contributed by atoms with E-state index in [1.54, 1.807) is 12.4 Å². The molecule has 0 spiro atoms. The van der Waals surface area contributed by atoms with Crippen LogP contribution in [0.25, 0.3) is 0 Å². The van der Waals surface area contributed by atoms with E-state index in [2.05, 4.69) is 41.4 Å². The van der Waals surface area contributed by atoms with E-state index in [0.717, 1.165) is 61.4 Å². The number of amides is 2. The highest BCUT2D eigenvalue weighted by Crippen LogP contribution is 2.30. The average molecular weight is 556 g/mol. The van der Waals surface area contributed by atoms with Gasteiger partial charge in [-0.2, -0.15) is 13.2 Å². The summed E-state index contributed by atoms with van der Waals surface area (Å²) in [5, 5.41) is 5.23. The molecular formula is C23H25BrF3N5O3. The third-order valence-electron chi connectivity index (χ3n) is 6.17. The van der Waals surface area contributed by atoms with Gasteiger partial charge in [0.2, 0.25) is 5.91 Å². The first-order chi connectivity index (χ1) is 16.7. The fourth-order valence-corrected chi connectivity index (χ4v) is 4.52. The van der Waals surface area contributed by atoms with E-state index in [4.69, 9.17) is 4.74 Å². The normalized spacial score (nSPS) is 21.1. The summed E-state index contributed by atoms with van der Waals surface area (Å²) in [5.74, 6) is -1.10. The molecule has 12 heteroatoms.